The van der Waals surface area contributed by atoms with Crippen LogP contribution in [-0.2, 0) is 0 Å². The monoisotopic (exact) mass is 286 g/mol. The standard InChI is InChI=1S/C15H14N2O2S/c1-15(2,3)20-12-5-9(7-16)4-10-6-11(14(18)19)8-17-13(10)12/h4-6,8H,1-3H3,(H,18,19). The summed E-state index contributed by atoms with van der Waals surface area (Å²) in [7, 11) is 0. The molecule has 0 aliphatic heterocycles. The number of rotatable bonds is 2. The van der Waals surface area contributed by atoms with Gasteiger partial charge in [-0.2, -0.15) is 5.26 Å². The molecule has 0 fully saturated rings. The molecule has 20 heavy (non-hydrogen) atoms. The van der Waals surface area contributed by atoms with Crippen molar-refractivity contribution in [3.05, 3.63) is 35.5 Å². The largest absolute Gasteiger partial charge is 0.478 e. The van der Waals surface area contributed by atoms with Crippen LogP contribution in [0.25, 0.3) is 10.9 Å². The number of carboxylic acids is 1. The summed E-state index contributed by atoms with van der Waals surface area (Å²) in [4.78, 5) is 16.1. The molecule has 0 aliphatic rings. The number of carbonyl (C=O) groups is 1. The number of nitriles is 1. The molecular weight excluding hydrogens is 272 g/mol. The molecule has 0 bridgehead atoms. The summed E-state index contributed by atoms with van der Waals surface area (Å²) < 4.78 is -0.0197. The lowest BCUT2D eigenvalue weighted by Gasteiger charge is -2.18. The number of aromatic nitrogens is 1. The third kappa shape index (κ3) is 3.09. The minimum Gasteiger partial charge on any atom is -0.478 e. The van der Waals surface area contributed by atoms with Crippen LogP contribution in [0.4, 0.5) is 0 Å². The van der Waals surface area contributed by atoms with Gasteiger partial charge in [0.05, 0.1) is 22.7 Å². The van der Waals surface area contributed by atoms with Crippen LogP contribution in [0.2, 0.25) is 0 Å². The molecule has 2 aromatic rings. The van der Waals surface area contributed by atoms with E-state index in [0.717, 1.165) is 10.4 Å². The van der Waals surface area contributed by atoms with Crippen LogP contribution >= 0.6 is 11.8 Å². The van der Waals surface area contributed by atoms with Gasteiger partial charge >= 0.3 is 5.97 Å². The number of hydrogen-bond donors (Lipinski definition) is 1. The van der Waals surface area contributed by atoms with Crippen LogP contribution in [0, 0.1) is 11.3 Å². The van der Waals surface area contributed by atoms with Crippen molar-refractivity contribution in [2.24, 2.45) is 0 Å². The lowest BCUT2D eigenvalue weighted by molar-refractivity contribution is 0.0696. The van der Waals surface area contributed by atoms with Crippen LogP contribution < -0.4 is 0 Å². The zero-order chi connectivity index (χ0) is 14.9. The van der Waals surface area contributed by atoms with Gasteiger partial charge in [-0.3, -0.25) is 4.98 Å². The van der Waals surface area contributed by atoms with Crippen molar-refractivity contribution in [3.8, 4) is 6.07 Å². The quantitative estimate of drug-likeness (QED) is 0.852. The van der Waals surface area contributed by atoms with Crippen LogP contribution in [-0.4, -0.2) is 20.8 Å². The second-order valence-electron chi connectivity index (χ2n) is 5.40. The molecule has 1 aromatic carbocycles. The van der Waals surface area contributed by atoms with Crippen molar-refractivity contribution in [2.75, 3.05) is 0 Å². The van der Waals surface area contributed by atoms with E-state index in [1.807, 2.05) is 0 Å². The van der Waals surface area contributed by atoms with Gasteiger partial charge in [-0.15, -0.1) is 11.8 Å². The minimum atomic E-state index is -1.02. The topological polar surface area (TPSA) is 74.0 Å². The number of fused-ring (bicyclic) bond motifs is 1. The van der Waals surface area contributed by atoms with E-state index in [9.17, 15) is 4.79 Å². The second-order valence-corrected chi connectivity index (χ2v) is 7.27. The van der Waals surface area contributed by atoms with Gasteiger partial charge in [-0.1, -0.05) is 20.8 Å². The maximum absolute atomic E-state index is 11.0. The van der Waals surface area contributed by atoms with E-state index in [1.165, 1.54) is 6.20 Å². The summed E-state index contributed by atoms with van der Waals surface area (Å²) in [6.45, 7) is 6.23. The highest BCUT2D eigenvalue weighted by Crippen LogP contribution is 2.36. The third-order valence-electron chi connectivity index (χ3n) is 2.54. The Morgan fingerprint density at radius 2 is 2.05 bits per heavy atom. The van der Waals surface area contributed by atoms with Gasteiger partial charge in [0.25, 0.3) is 0 Å². The van der Waals surface area contributed by atoms with Crippen LogP contribution in [0.1, 0.15) is 36.7 Å². The van der Waals surface area contributed by atoms with Crippen LogP contribution in [0.15, 0.2) is 29.3 Å². The minimum absolute atomic E-state index is 0.0197. The van der Waals surface area contributed by atoms with Gasteiger partial charge in [0, 0.05) is 21.2 Å². The highest BCUT2D eigenvalue weighted by molar-refractivity contribution is 8.00. The molecule has 0 aliphatic carbocycles. The zero-order valence-corrected chi connectivity index (χ0v) is 12.3. The molecule has 102 valence electrons. The van der Waals surface area contributed by atoms with Gasteiger partial charge in [-0.05, 0) is 18.2 Å². The molecule has 4 nitrogen and oxygen atoms in total. The zero-order valence-electron chi connectivity index (χ0n) is 11.5. The molecule has 1 aromatic heterocycles. The van der Waals surface area contributed by atoms with Gasteiger partial charge in [-0.25, -0.2) is 4.79 Å². The third-order valence-corrected chi connectivity index (χ3v) is 3.68. The molecular formula is C15H14N2O2S. The predicted molar refractivity (Wildman–Crippen MR) is 79.0 cm³/mol. The van der Waals surface area contributed by atoms with Crippen molar-refractivity contribution in [1.29, 1.82) is 5.26 Å². The molecule has 0 saturated heterocycles. The SMILES string of the molecule is CC(C)(C)Sc1cc(C#N)cc2cc(C(=O)O)cnc12. The summed E-state index contributed by atoms with van der Waals surface area (Å²) in [5.74, 6) is -1.02. The summed E-state index contributed by atoms with van der Waals surface area (Å²) in [6.07, 6.45) is 1.35. The van der Waals surface area contributed by atoms with E-state index in [2.05, 4.69) is 31.8 Å². The normalized spacial score (nSPS) is 11.3. The number of benzene rings is 1. The number of carboxylic acid groups (broad SMARTS) is 1. The Morgan fingerprint density at radius 3 is 2.60 bits per heavy atom. The van der Waals surface area contributed by atoms with Crippen molar-refractivity contribution in [2.45, 2.75) is 30.4 Å². The first-order valence-corrected chi connectivity index (χ1v) is 6.88. The van der Waals surface area contributed by atoms with Crippen molar-refractivity contribution in [1.82, 2.24) is 4.98 Å². The Hall–Kier alpha value is -2.06. The molecule has 1 heterocycles. The Labute approximate surface area is 121 Å². The molecule has 0 amide bonds. The highest BCUT2D eigenvalue weighted by atomic mass is 32.2. The van der Waals surface area contributed by atoms with Crippen LogP contribution in [0.5, 0.6) is 0 Å². The molecule has 0 spiro atoms. The fourth-order valence-corrected chi connectivity index (χ4v) is 2.92. The van der Waals surface area contributed by atoms with Crippen molar-refractivity contribution >= 4 is 28.6 Å². The summed E-state index contributed by atoms with van der Waals surface area (Å²) >= 11 is 1.61. The predicted octanol–water partition coefficient (Wildman–Crippen LogP) is 3.70. The van der Waals surface area contributed by atoms with Gasteiger partial charge < -0.3 is 5.11 Å². The Kier molecular flexibility index (Phi) is 3.69. The highest BCUT2D eigenvalue weighted by Gasteiger charge is 2.16. The number of nitrogens with zero attached hydrogens (tertiary/aromatic N) is 2. The number of thioether (sulfide) groups is 1. The summed E-state index contributed by atoms with van der Waals surface area (Å²) in [5.41, 5.74) is 1.36. The molecule has 2 rings (SSSR count). The molecule has 0 atom stereocenters. The Balaban J connectivity index is 2.68. The first-order chi connectivity index (χ1) is 9.30. The maximum atomic E-state index is 11.0. The number of pyridine rings is 1. The molecule has 0 unspecified atom stereocenters. The number of hydrogen-bond acceptors (Lipinski definition) is 4. The van der Waals surface area contributed by atoms with Gasteiger partial charge in [0.15, 0.2) is 0 Å². The summed E-state index contributed by atoms with van der Waals surface area (Å²) in [5, 5.41) is 18.8. The fourth-order valence-electron chi connectivity index (χ4n) is 1.81. The molecule has 1 N–H and O–H groups in total. The van der Waals surface area contributed by atoms with E-state index in [-0.39, 0.29) is 10.3 Å². The van der Waals surface area contributed by atoms with Gasteiger partial charge in [0.1, 0.15) is 0 Å². The van der Waals surface area contributed by atoms with Crippen molar-refractivity contribution in [3.63, 3.8) is 0 Å². The maximum Gasteiger partial charge on any atom is 0.337 e. The van der Waals surface area contributed by atoms with E-state index < -0.39 is 5.97 Å². The Bertz CT molecular complexity index is 727. The lowest BCUT2D eigenvalue weighted by atomic mass is 10.1. The number of aromatic carboxylic acids is 1. The average Bonchev–Trinajstić information content (AvgIpc) is 2.35. The van der Waals surface area contributed by atoms with Crippen molar-refractivity contribution < 1.29 is 9.90 Å². The fraction of sp³-hybridized carbons (Fsp3) is 0.267. The lowest BCUT2D eigenvalue weighted by Crippen LogP contribution is -2.07. The molecule has 5 heteroatoms. The second kappa shape index (κ2) is 5.14. The van der Waals surface area contributed by atoms with Gasteiger partial charge in [0.2, 0.25) is 0 Å². The Morgan fingerprint density at radius 1 is 1.35 bits per heavy atom. The summed E-state index contributed by atoms with van der Waals surface area (Å²) in [6, 6.07) is 7.12. The average molecular weight is 286 g/mol. The van der Waals surface area contributed by atoms with Crippen LogP contribution in [0.3, 0.4) is 0 Å². The van der Waals surface area contributed by atoms with E-state index in [1.54, 1.807) is 30.0 Å². The molecule has 0 saturated carbocycles. The van der Waals surface area contributed by atoms with E-state index >= 15 is 0 Å². The van der Waals surface area contributed by atoms with E-state index in [4.69, 9.17) is 10.4 Å². The first-order valence-electron chi connectivity index (χ1n) is 6.06. The first kappa shape index (κ1) is 14.4. The van der Waals surface area contributed by atoms with E-state index in [0.29, 0.717) is 10.9 Å². The molecule has 0 radical (unpaired) electrons. The smallest absolute Gasteiger partial charge is 0.337 e.